The molecule has 1 aromatic carbocycles. The van der Waals surface area contributed by atoms with Crippen molar-refractivity contribution in [1.29, 1.82) is 0 Å². The van der Waals surface area contributed by atoms with Gasteiger partial charge in [0, 0.05) is 0 Å². The second-order valence-electron chi connectivity index (χ2n) is 4.31. The number of rotatable bonds is 6. The molecule has 3 N–H and O–H groups in total. The first-order valence-electron chi connectivity index (χ1n) is 6.28. The predicted molar refractivity (Wildman–Crippen MR) is 73.6 cm³/mol. The summed E-state index contributed by atoms with van der Waals surface area (Å²) in [7, 11) is 0. The lowest BCUT2D eigenvalue weighted by Gasteiger charge is -2.16. The van der Waals surface area contributed by atoms with Gasteiger partial charge in [-0.15, -0.1) is 10.2 Å². The molecule has 8 nitrogen and oxygen atoms in total. The van der Waals surface area contributed by atoms with Crippen LogP contribution in [0.25, 0.3) is 0 Å². The van der Waals surface area contributed by atoms with Crippen molar-refractivity contribution in [2.75, 3.05) is 12.0 Å². The minimum Gasteiger partial charge on any atom is -0.394 e. The molecule has 0 aliphatic heterocycles. The molecule has 1 aromatic heterocycles. The summed E-state index contributed by atoms with van der Waals surface area (Å²) in [6, 6.07) is 8.08. The van der Waals surface area contributed by atoms with Gasteiger partial charge in [0.25, 0.3) is 5.91 Å². The molecule has 0 radical (unpaired) electrons. The fourth-order valence-corrected chi connectivity index (χ4v) is 1.68. The Kier molecular flexibility index (Phi) is 4.99. The third-order valence-electron chi connectivity index (χ3n) is 2.70. The zero-order valence-electron chi connectivity index (χ0n) is 11.1. The monoisotopic (exact) mass is 289 g/mol. The summed E-state index contributed by atoms with van der Waals surface area (Å²) in [5, 5.41) is 18.7. The van der Waals surface area contributed by atoms with Crippen LogP contribution in [0, 0.1) is 0 Å². The number of hydrogen-bond donors (Lipinski definition) is 3. The van der Waals surface area contributed by atoms with Gasteiger partial charge >= 0.3 is 0 Å². The van der Waals surface area contributed by atoms with E-state index in [1.807, 2.05) is 30.3 Å². The van der Waals surface area contributed by atoms with Crippen molar-refractivity contribution in [1.82, 2.24) is 20.2 Å². The number of carbonyl (C=O) groups excluding carboxylic acids is 2. The summed E-state index contributed by atoms with van der Waals surface area (Å²) >= 11 is 0. The van der Waals surface area contributed by atoms with Crippen LogP contribution < -0.4 is 10.7 Å². The van der Waals surface area contributed by atoms with Crippen LogP contribution in [-0.2, 0) is 16.0 Å². The highest BCUT2D eigenvalue weighted by Gasteiger charge is 2.20. The Bertz CT molecular complexity index is 585. The largest absolute Gasteiger partial charge is 0.394 e. The van der Waals surface area contributed by atoms with E-state index < -0.39 is 18.6 Å². The summed E-state index contributed by atoms with van der Waals surface area (Å²) in [6.45, 7) is -0.505. The highest BCUT2D eigenvalue weighted by Crippen LogP contribution is 1.99. The van der Waals surface area contributed by atoms with Crippen LogP contribution in [0.3, 0.4) is 0 Å². The average molecular weight is 289 g/mol. The van der Waals surface area contributed by atoms with Gasteiger partial charge in [-0.2, -0.15) is 0 Å². The number of amides is 2. The van der Waals surface area contributed by atoms with Crippen molar-refractivity contribution >= 4 is 11.8 Å². The molecule has 2 amide bonds. The molecular formula is C13H15N5O3. The Morgan fingerprint density at radius 1 is 1.19 bits per heavy atom. The number of aromatic nitrogens is 3. The van der Waals surface area contributed by atoms with Gasteiger partial charge in [0.2, 0.25) is 5.91 Å². The SMILES string of the molecule is O=C(Cc1ccccc1)N[C@@H](CO)C(=O)Nn1cnnc1. The van der Waals surface area contributed by atoms with E-state index >= 15 is 0 Å². The molecule has 1 atom stereocenters. The molecule has 2 aromatic rings. The summed E-state index contributed by atoms with van der Waals surface area (Å²) in [5.74, 6) is -0.905. The van der Waals surface area contributed by atoms with Gasteiger partial charge in [0.15, 0.2) is 0 Å². The molecule has 0 unspecified atom stereocenters. The second-order valence-corrected chi connectivity index (χ2v) is 4.31. The Hall–Kier alpha value is -2.74. The summed E-state index contributed by atoms with van der Waals surface area (Å²) in [4.78, 5) is 23.7. The first-order valence-corrected chi connectivity index (χ1v) is 6.28. The van der Waals surface area contributed by atoms with Crippen LogP contribution in [-0.4, -0.2) is 44.4 Å². The first-order chi connectivity index (χ1) is 10.2. The summed E-state index contributed by atoms with van der Waals surface area (Å²) in [6.07, 6.45) is 2.72. The maximum atomic E-state index is 11.9. The first kappa shape index (κ1) is 14.7. The number of nitrogens with zero attached hydrogens (tertiary/aromatic N) is 3. The molecule has 0 aliphatic carbocycles. The van der Waals surface area contributed by atoms with E-state index in [1.165, 1.54) is 17.3 Å². The van der Waals surface area contributed by atoms with Crippen LogP contribution >= 0.6 is 0 Å². The van der Waals surface area contributed by atoms with Crippen molar-refractivity contribution in [2.45, 2.75) is 12.5 Å². The van der Waals surface area contributed by atoms with Crippen LogP contribution in [0.4, 0.5) is 0 Å². The van der Waals surface area contributed by atoms with Gasteiger partial charge in [-0.3, -0.25) is 15.0 Å². The van der Waals surface area contributed by atoms with Gasteiger partial charge in [0.05, 0.1) is 13.0 Å². The van der Waals surface area contributed by atoms with E-state index in [0.717, 1.165) is 5.56 Å². The molecule has 0 aliphatic rings. The lowest BCUT2D eigenvalue weighted by atomic mass is 10.1. The van der Waals surface area contributed by atoms with Gasteiger partial charge in [-0.1, -0.05) is 30.3 Å². The van der Waals surface area contributed by atoms with E-state index in [0.29, 0.717) is 0 Å². The number of benzene rings is 1. The van der Waals surface area contributed by atoms with Crippen LogP contribution in [0.5, 0.6) is 0 Å². The topological polar surface area (TPSA) is 109 Å². The number of aliphatic hydroxyl groups is 1. The van der Waals surface area contributed by atoms with Crippen molar-refractivity contribution in [3.63, 3.8) is 0 Å². The molecule has 0 saturated carbocycles. The number of hydrogen-bond acceptors (Lipinski definition) is 5. The van der Waals surface area contributed by atoms with Gasteiger partial charge in [-0.25, -0.2) is 4.68 Å². The normalized spacial score (nSPS) is 11.7. The van der Waals surface area contributed by atoms with Crippen molar-refractivity contribution in [3.8, 4) is 0 Å². The smallest absolute Gasteiger partial charge is 0.263 e. The van der Waals surface area contributed by atoms with E-state index in [9.17, 15) is 14.7 Å². The fourth-order valence-electron chi connectivity index (χ4n) is 1.68. The minimum atomic E-state index is -1.04. The lowest BCUT2D eigenvalue weighted by Crippen LogP contribution is -2.48. The quantitative estimate of drug-likeness (QED) is 0.636. The molecule has 21 heavy (non-hydrogen) atoms. The standard InChI is InChI=1S/C13H15N5O3/c19-7-11(13(21)17-18-8-14-15-9-18)16-12(20)6-10-4-2-1-3-5-10/h1-5,8-9,11,19H,6-7H2,(H,16,20)(H,17,21)/t11-/m0/s1. The Labute approximate surface area is 120 Å². The zero-order valence-corrected chi connectivity index (χ0v) is 11.1. The molecule has 0 fully saturated rings. The summed E-state index contributed by atoms with van der Waals surface area (Å²) < 4.78 is 1.23. The van der Waals surface area contributed by atoms with Crippen molar-refractivity contribution in [2.24, 2.45) is 0 Å². The zero-order chi connectivity index (χ0) is 15.1. The maximum absolute atomic E-state index is 11.9. The highest BCUT2D eigenvalue weighted by atomic mass is 16.3. The molecular weight excluding hydrogens is 274 g/mol. The van der Waals surface area contributed by atoms with Gasteiger partial charge in [0.1, 0.15) is 18.7 Å². The lowest BCUT2D eigenvalue weighted by molar-refractivity contribution is -0.127. The number of carbonyl (C=O) groups is 2. The molecule has 1 heterocycles. The number of nitrogens with one attached hydrogen (secondary N) is 2. The van der Waals surface area contributed by atoms with Crippen LogP contribution in [0.15, 0.2) is 43.0 Å². The number of aliphatic hydroxyl groups excluding tert-OH is 1. The molecule has 110 valence electrons. The highest BCUT2D eigenvalue weighted by molar-refractivity contribution is 5.92. The average Bonchev–Trinajstić information content (AvgIpc) is 2.98. The van der Waals surface area contributed by atoms with E-state index in [1.54, 1.807) is 0 Å². The third kappa shape index (κ3) is 4.39. The molecule has 8 heteroatoms. The van der Waals surface area contributed by atoms with Crippen LogP contribution in [0.1, 0.15) is 5.56 Å². The van der Waals surface area contributed by atoms with Gasteiger partial charge in [-0.05, 0) is 5.56 Å². The predicted octanol–water partition coefficient (Wildman–Crippen LogP) is -0.932. The molecule has 0 bridgehead atoms. The van der Waals surface area contributed by atoms with E-state index in [4.69, 9.17) is 0 Å². The maximum Gasteiger partial charge on any atom is 0.263 e. The molecule has 2 rings (SSSR count). The minimum absolute atomic E-state index is 0.136. The Balaban J connectivity index is 1.89. The Morgan fingerprint density at radius 3 is 2.48 bits per heavy atom. The fraction of sp³-hybridized carbons (Fsp3) is 0.231. The van der Waals surface area contributed by atoms with Crippen LogP contribution in [0.2, 0.25) is 0 Å². The third-order valence-corrected chi connectivity index (χ3v) is 2.70. The van der Waals surface area contributed by atoms with E-state index in [-0.39, 0.29) is 12.3 Å². The molecule has 0 spiro atoms. The summed E-state index contributed by atoms with van der Waals surface area (Å²) in [5.41, 5.74) is 3.25. The molecule has 0 saturated heterocycles. The van der Waals surface area contributed by atoms with E-state index in [2.05, 4.69) is 20.9 Å². The van der Waals surface area contributed by atoms with Crippen molar-refractivity contribution < 1.29 is 14.7 Å². The second kappa shape index (κ2) is 7.15. The Morgan fingerprint density at radius 2 is 1.86 bits per heavy atom. The van der Waals surface area contributed by atoms with Crippen molar-refractivity contribution in [3.05, 3.63) is 48.5 Å². The van der Waals surface area contributed by atoms with Gasteiger partial charge < -0.3 is 10.4 Å².